The Labute approximate surface area is 114 Å². The third kappa shape index (κ3) is 2.48. The molecule has 0 unspecified atom stereocenters. The number of hydrogen-bond donors (Lipinski definition) is 0. The highest BCUT2D eigenvalue weighted by molar-refractivity contribution is 9.10. The number of carbonyl (C=O) groups excluding carboxylic acids is 2. The number of carbonyl (C=O) groups is 2. The predicted octanol–water partition coefficient (Wildman–Crippen LogP) is 2.85. The van der Waals surface area contributed by atoms with Crippen molar-refractivity contribution in [2.24, 2.45) is 0 Å². The minimum atomic E-state index is -0.531. The molecule has 0 atom stereocenters. The largest absolute Gasteiger partial charge is 0.273 e. The molecule has 17 heavy (non-hydrogen) atoms. The van der Waals surface area contributed by atoms with Crippen molar-refractivity contribution in [2.75, 3.05) is 16.4 Å². The lowest BCUT2D eigenvalue weighted by Crippen LogP contribution is -2.43. The lowest BCUT2D eigenvalue weighted by Gasteiger charge is -2.26. The monoisotopic (exact) mass is 337 g/mol. The minimum Gasteiger partial charge on any atom is -0.273 e. The van der Waals surface area contributed by atoms with Crippen LogP contribution in [0.2, 0.25) is 5.02 Å². The zero-order chi connectivity index (χ0) is 12.6. The number of imide groups is 1. The Balaban J connectivity index is 2.52. The van der Waals surface area contributed by atoms with Crippen molar-refractivity contribution in [3.63, 3.8) is 0 Å². The molecule has 0 aromatic heterocycles. The van der Waals surface area contributed by atoms with Gasteiger partial charge in [0.2, 0.25) is 11.8 Å². The fourth-order valence-corrected chi connectivity index (χ4v) is 3.22. The molecule has 1 fully saturated rings. The van der Waals surface area contributed by atoms with Crippen molar-refractivity contribution in [1.82, 2.24) is 0 Å². The molecule has 90 valence electrons. The van der Waals surface area contributed by atoms with Gasteiger partial charge in [0.05, 0.1) is 22.2 Å². The molecule has 1 aliphatic rings. The normalized spacial score (nSPS) is 16.5. The third-order valence-electron chi connectivity index (χ3n) is 2.16. The van der Waals surface area contributed by atoms with E-state index in [9.17, 15) is 14.0 Å². The fourth-order valence-electron chi connectivity index (χ4n) is 1.49. The van der Waals surface area contributed by atoms with Crippen LogP contribution in [0.25, 0.3) is 0 Å². The first-order chi connectivity index (χ1) is 8.00. The van der Waals surface area contributed by atoms with Gasteiger partial charge in [-0.05, 0) is 28.1 Å². The highest BCUT2D eigenvalue weighted by atomic mass is 79.9. The SMILES string of the molecule is O=C1CSCC(=O)N1c1c(Cl)cc(F)cc1Br. The third-order valence-corrected chi connectivity index (χ3v) is 3.95. The quantitative estimate of drug-likeness (QED) is 0.739. The number of amides is 2. The lowest BCUT2D eigenvalue weighted by atomic mass is 10.2. The predicted molar refractivity (Wildman–Crippen MR) is 68.9 cm³/mol. The molecule has 0 spiro atoms. The Kier molecular flexibility index (Phi) is 3.75. The van der Waals surface area contributed by atoms with E-state index < -0.39 is 5.82 Å². The maximum atomic E-state index is 13.1. The highest BCUT2D eigenvalue weighted by Gasteiger charge is 2.31. The van der Waals surface area contributed by atoms with E-state index in [0.717, 1.165) is 11.0 Å². The van der Waals surface area contributed by atoms with E-state index in [1.807, 2.05) is 0 Å². The summed E-state index contributed by atoms with van der Waals surface area (Å²) in [6.07, 6.45) is 0. The van der Waals surface area contributed by atoms with Gasteiger partial charge in [-0.3, -0.25) is 9.59 Å². The van der Waals surface area contributed by atoms with Gasteiger partial charge in [0.15, 0.2) is 0 Å². The fraction of sp³-hybridized carbons (Fsp3) is 0.200. The van der Waals surface area contributed by atoms with Gasteiger partial charge in [0.25, 0.3) is 0 Å². The number of rotatable bonds is 1. The minimum absolute atomic E-state index is 0.0328. The van der Waals surface area contributed by atoms with Crippen molar-refractivity contribution in [2.45, 2.75) is 0 Å². The zero-order valence-electron chi connectivity index (χ0n) is 8.37. The molecule has 0 N–H and O–H groups in total. The molecule has 1 aliphatic heterocycles. The van der Waals surface area contributed by atoms with E-state index in [-0.39, 0.29) is 38.5 Å². The zero-order valence-corrected chi connectivity index (χ0v) is 11.5. The number of halogens is 3. The molecule has 2 amide bonds. The van der Waals surface area contributed by atoms with Crippen molar-refractivity contribution in [3.05, 3.63) is 27.4 Å². The summed E-state index contributed by atoms with van der Waals surface area (Å²) < 4.78 is 13.4. The van der Waals surface area contributed by atoms with Crippen LogP contribution in [0.4, 0.5) is 10.1 Å². The van der Waals surface area contributed by atoms with Crippen LogP contribution in [0.3, 0.4) is 0 Å². The number of hydrogen-bond acceptors (Lipinski definition) is 3. The lowest BCUT2D eigenvalue weighted by molar-refractivity contribution is -0.124. The molecular formula is C10H6BrClFNO2S. The Morgan fingerprint density at radius 1 is 1.29 bits per heavy atom. The van der Waals surface area contributed by atoms with E-state index in [0.29, 0.717) is 0 Å². The number of nitrogens with zero attached hydrogens (tertiary/aromatic N) is 1. The Morgan fingerprint density at radius 3 is 2.41 bits per heavy atom. The summed E-state index contributed by atoms with van der Waals surface area (Å²) >= 11 is 10.2. The maximum Gasteiger partial charge on any atom is 0.243 e. The summed E-state index contributed by atoms with van der Waals surface area (Å²) in [4.78, 5) is 24.4. The number of benzene rings is 1. The van der Waals surface area contributed by atoms with E-state index in [1.165, 1.54) is 17.8 Å². The molecule has 0 bridgehead atoms. The van der Waals surface area contributed by atoms with Crippen LogP contribution in [0.1, 0.15) is 0 Å². The van der Waals surface area contributed by atoms with Crippen LogP contribution in [0, 0.1) is 5.82 Å². The van der Waals surface area contributed by atoms with Crippen LogP contribution in [-0.2, 0) is 9.59 Å². The van der Waals surface area contributed by atoms with Crippen molar-refractivity contribution in [3.8, 4) is 0 Å². The van der Waals surface area contributed by atoms with Crippen molar-refractivity contribution >= 4 is 56.8 Å². The summed E-state index contributed by atoms with van der Waals surface area (Å²) in [5, 5.41) is 0.0328. The average molecular weight is 339 g/mol. The molecule has 1 saturated heterocycles. The molecule has 2 rings (SSSR count). The smallest absolute Gasteiger partial charge is 0.243 e. The molecule has 0 radical (unpaired) electrons. The standard InChI is InChI=1S/C10H6BrClFNO2S/c11-6-1-5(13)2-7(12)10(6)14-8(15)3-17-4-9(14)16/h1-2H,3-4H2. The van der Waals surface area contributed by atoms with E-state index in [4.69, 9.17) is 11.6 Å². The molecule has 1 heterocycles. The van der Waals surface area contributed by atoms with E-state index >= 15 is 0 Å². The van der Waals surface area contributed by atoms with Gasteiger partial charge in [0.1, 0.15) is 5.82 Å². The average Bonchev–Trinajstić information content (AvgIpc) is 2.21. The first-order valence-electron chi connectivity index (χ1n) is 4.59. The van der Waals surface area contributed by atoms with Crippen LogP contribution in [0.5, 0.6) is 0 Å². The molecular weight excluding hydrogens is 333 g/mol. The maximum absolute atomic E-state index is 13.1. The summed E-state index contributed by atoms with van der Waals surface area (Å²) in [7, 11) is 0. The first-order valence-corrected chi connectivity index (χ1v) is 6.91. The van der Waals surface area contributed by atoms with Crippen molar-refractivity contribution < 1.29 is 14.0 Å². The second-order valence-corrected chi connectivity index (χ2v) is 5.58. The molecule has 7 heteroatoms. The van der Waals surface area contributed by atoms with Gasteiger partial charge in [-0.2, -0.15) is 0 Å². The van der Waals surface area contributed by atoms with Crippen molar-refractivity contribution in [1.29, 1.82) is 0 Å². The molecule has 1 aromatic rings. The molecule has 1 aromatic carbocycles. The van der Waals surface area contributed by atoms with Gasteiger partial charge in [-0.1, -0.05) is 11.6 Å². The van der Waals surface area contributed by atoms with Gasteiger partial charge in [-0.15, -0.1) is 11.8 Å². The summed E-state index contributed by atoms with van der Waals surface area (Å²) in [5.41, 5.74) is 0.211. The second kappa shape index (κ2) is 4.96. The Bertz CT molecular complexity index is 472. The van der Waals surface area contributed by atoms with Crippen LogP contribution < -0.4 is 4.90 Å². The van der Waals surface area contributed by atoms with Gasteiger partial charge in [0, 0.05) is 4.47 Å². The second-order valence-electron chi connectivity index (χ2n) is 3.33. The molecule has 0 saturated carbocycles. The first kappa shape index (κ1) is 12.9. The van der Waals surface area contributed by atoms with E-state index in [1.54, 1.807) is 0 Å². The Morgan fingerprint density at radius 2 is 1.88 bits per heavy atom. The number of thioether (sulfide) groups is 1. The number of anilines is 1. The van der Waals surface area contributed by atoms with Gasteiger partial charge < -0.3 is 0 Å². The topological polar surface area (TPSA) is 37.4 Å². The summed E-state index contributed by atoms with van der Waals surface area (Å²) in [6, 6.07) is 2.24. The molecule has 3 nitrogen and oxygen atoms in total. The van der Waals surface area contributed by atoms with Crippen LogP contribution in [0.15, 0.2) is 16.6 Å². The van der Waals surface area contributed by atoms with Crippen LogP contribution in [-0.4, -0.2) is 23.3 Å². The summed E-state index contributed by atoms with van der Waals surface area (Å²) in [5.74, 6) is -0.796. The van der Waals surface area contributed by atoms with E-state index in [2.05, 4.69) is 15.9 Å². The van der Waals surface area contributed by atoms with Gasteiger partial charge in [-0.25, -0.2) is 9.29 Å². The molecule has 0 aliphatic carbocycles. The highest BCUT2D eigenvalue weighted by Crippen LogP contribution is 2.36. The van der Waals surface area contributed by atoms with Gasteiger partial charge >= 0.3 is 0 Å². The Hall–Kier alpha value is -0.590. The summed E-state index contributed by atoms with van der Waals surface area (Å²) in [6.45, 7) is 0. The van der Waals surface area contributed by atoms with Crippen LogP contribution >= 0.6 is 39.3 Å².